The molecule has 0 bridgehead atoms. The Labute approximate surface area is 317 Å². The maximum atomic E-state index is 11.7. The lowest BCUT2D eigenvalue weighted by atomic mass is 9.91. The lowest BCUT2D eigenvalue weighted by molar-refractivity contribution is 0.150. The molecule has 2 aliphatic carbocycles. The van der Waals surface area contributed by atoms with E-state index in [9.17, 15) is 10.2 Å². The fraction of sp³-hybridized carbons (Fsp3) is 0.120. The summed E-state index contributed by atoms with van der Waals surface area (Å²) in [6.07, 6.45) is 3.62. The molecule has 262 valence electrons. The van der Waals surface area contributed by atoms with E-state index in [0.717, 1.165) is 67.0 Å². The Morgan fingerprint density at radius 3 is 0.944 bits per heavy atom. The number of rotatable bonds is 0. The van der Waals surface area contributed by atoms with Crippen molar-refractivity contribution in [3.8, 4) is 45.9 Å². The summed E-state index contributed by atoms with van der Waals surface area (Å²) >= 11 is 0. The third-order valence-electron chi connectivity index (χ3n) is 10.1. The largest absolute Gasteiger partial charge is 0.369 e. The van der Waals surface area contributed by atoms with E-state index in [4.69, 9.17) is 0 Å². The van der Waals surface area contributed by atoms with Crippen LogP contribution in [0.3, 0.4) is 0 Å². The SMILES string of the molecule is Cc1cccnc1C.Cc1cccnc1C.OC1(C#Cc2ccc(C#CC3(O)c4ccccc4-c4ccccc43)cc2)c2ccccc2-c2ccccc21. The zero-order valence-corrected chi connectivity index (χ0v) is 30.8. The van der Waals surface area contributed by atoms with Gasteiger partial charge in [-0.3, -0.25) is 9.97 Å². The smallest absolute Gasteiger partial charge is 0.178 e. The summed E-state index contributed by atoms with van der Waals surface area (Å²) in [6, 6.07) is 47.1. The topological polar surface area (TPSA) is 66.2 Å². The first kappa shape index (κ1) is 35.8. The van der Waals surface area contributed by atoms with Crippen LogP contribution < -0.4 is 0 Å². The lowest BCUT2D eigenvalue weighted by Crippen LogP contribution is -2.22. The summed E-state index contributed by atoms with van der Waals surface area (Å²) in [5, 5.41) is 23.4. The number of aliphatic hydroxyl groups is 2. The zero-order valence-electron chi connectivity index (χ0n) is 30.8. The number of aromatic nitrogens is 2. The van der Waals surface area contributed by atoms with Crippen LogP contribution in [0.2, 0.25) is 0 Å². The molecule has 0 unspecified atom stereocenters. The third-order valence-corrected chi connectivity index (χ3v) is 10.1. The Bertz CT molecular complexity index is 2280. The van der Waals surface area contributed by atoms with Gasteiger partial charge in [-0.25, -0.2) is 0 Å². The van der Waals surface area contributed by atoms with Crippen molar-refractivity contribution in [2.24, 2.45) is 0 Å². The molecule has 5 aromatic carbocycles. The number of nitrogens with zero attached hydrogens (tertiary/aromatic N) is 2. The Hall–Kier alpha value is -6.56. The molecule has 0 atom stereocenters. The first-order valence-electron chi connectivity index (χ1n) is 18.0. The summed E-state index contributed by atoms with van der Waals surface area (Å²) in [7, 11) is 0. The minimum atomic E-state index is -1.36. The highest BCUT2D eigenvalue weighted by atomic mass is 16.3. The third kappa shape index (κ3) is 6.97. The molecule has 0 saturated carbocycles. The van der Waals surface area contributed by atoms with Gasteiger partial charge in [0.05, 0.1) is 0 Å². The van der Waals surface area contributed by atoms with Crippen LogP contribution in [-0.2, 0) is 11.2 Å². The zero-order chi connectivity index (χ0) is 37.7. The predicted octanol–water partition coefficient (Wildman–Crippen LogP) is 9.62. The molecule has 9 rings (SSSR count). The van der Waals surface area contributed by atoms with E-state index in [1.165, 1.54) is 11.1 Å². The van der Waals surface area contributed by atoms with Gasteiger partial charge in [0, 0.05) is 57.2 Å². The Morgan fingerprint density at radius 1 is 0.389 bits per heavy atom. The van der Waals surface area contributed by atoms with Crippen molar-refractivity contribution in [1.29, 1.82) is 0 Å². The highest BCUT2D eigenvalue weighted by Gasteiger charge is 2.41. The average Bonchev–Trinajstić information content (AvgIpc) is 3.62. The number of pyridine rings is 2. The van der Waals surface area contributed by atoms with Crippen molar-refractivity contribution < 1.29 is 10.2 Å². The molecule has 4 heteroatoms. The molecule has 2 aliphatic rings. The average molecular weight is 701 g/mol. The van der Waals surface area contributed by atoms with Crippen LogP contribution >= 0.6 is 0 Å². The fourth-order valence-corrected chi connectivity index (χ4v) is 6.78. The molecular formula is C50H40N2O2. The highest BCUT2D eigenvalue weighted by molar-refractivity contribution is 5.83. The molecule has 0 amide bonds. The predicted molar refractivity (Wildman–Crippen MR) is 217 cm³/mol. The molecule has 0 fully saturated rings. The van der Waals surface area contributed by atoms with Crippen molar-refractivity contribution in [3.05, 3.63) is 214 Å². The van der Waals surface area contributed by atoms with Crippen LogP contribution in [0.5, 0.6) is 0 Å². The summed E-state index contributed by atoms with van der Waals surface area (Å²) in [5.74, 6) is 12.6. The van der Waals surface area contributed by atoms with Gasteiger partial charge in [0.1, 0.15) is 0 Å². The quantitative estimate of drug-likeness (QED) is 0.155. The minimum Gasteiger partial charge on any atom is -0.369 e. The van der Waals surface area contributed by atoms with Gasteiger partial charge in [-0.2, -0.15) is 0 Å². The number of aryl methyl sites for hydroxylation is 4. The molecule has 0 radical (unpaired) electrons. The molecule has 2 N–H and O–H groups in total. The molecule has 0 aliphatic heterocycles. The summed E-state index contributed by atoms with van der Waals surface area (Å²) in [6.45, 7) is 8.13. The van der Waals surface area contributed by atoms with E-state index in [-0.39, 0.29) is 0 Å². The van der Waals surface area contributed by atoms with Gasteiger partial charge in [0.2, 0.25) is 0 Å². The molecule has 2 aromatic heterocycles. The van der Waals surface area contributed by atoms with Crippen LogP contribution in [-0.4, -0.2) is 20.2 Å². The number of fused-ring (bicyclic) bond motifs is 6. The van der Waals surface area contributed by atoms with Gasteiger partial charge >= 0.3 is 0 Å². The van der Waals surface area contributed by atoms with Crippen molar-refractivity contribution >= 4 is 0 Å². The molecule has 2 heterocycles. The van der Waals surface area contributed by atoms with Crippen LogP contribution in [0.1, 0.15) is 55.9 Å². The van der Waals surface area contributed by atoms with Crippen molar-refractivity contribution in [2.75, 3.05) is 0 Å². The number of hydrogen-bond donors (Lipinski definition) is 2. The van der Waals surface area contributed by atoms with E-state index >= 15 is 0 Å². The van der Waals surface area contributed by atoms with Gasteiger partial charge in [0.15, 0.2) is 11.2 Å². The monoisotopic (exact) mass is 700 g/mol. The van der Waals surface area contributed by atoms with Gasteiger partial charge in [0.25, 0.3) is 0 Å². The number of benzene rings is 5. The Kier molecular flexibility index (Phi) is 10.1. The van der Waals surface area contributed by atoms with E-state index in [1.54, 1.807) is 0 Å². The van der Waals surface area contributed by atoms with Gasteiger partial charge in [-0.15, -0.1) is 0 Å². The van der Waals surface area contributed by atoms with E-state index in [2.05, 4.69) is 59.6 Å². The molecular weight excluding hydrogens is 661 g/mol. The standard InChI is InChI=1S/C36H22O2.2C7H9N/c37-35(31-13-5-1-9-27(31)28-10-2-6-14-32(28)35)23-21-25-17-19-26(20-18-25)22-24-36(38)33-15-7-3-11-29(33)30-12-4-8-16-34(30)36;2*1-6-4-3-5-8-7(6)2/h1-20,37-38H;2*3-5H,1-2H3. The Morgan fingerprint density at radius 2 is 0.685 bits per heavy atom. The van der Waals surface area contributed by atoms with Gasteiger partial charge < -0.3 is 10.2 Å². The summed E-state index contributed by atoms with van der Waals surface area (Å²) in [4.78, 5) is 8.16. The van der Waals surface area contributed by atoms with Crippen molar-refractivity contribution in [1.82, 2.24) is 9.97 Å². The normalized spacial score (nSPS) is 13.0. The van der Waals surface area contributed by atoms with Crippen LogP contribution in [0.15, 0.2) is 158 Å². The molecule has 7 aromatic rings. The maximum absolute atomic E-state index is 11.7. The van der Waals surface area contributed by atoms with Gasteiger partial charge in [-0.1, -0.05) is 133 Å². The lowest BCUT2D eigenvalue weighted by Gasteiger charge is -2.19. The second-order valence-electron chi connectivity index (χ2n) is 13.5. The number of hydrogen-bond acceptors (Lipinski definition) is 4. The Balaban J connectivity index is 0.000000232. The highest BCUT2D eigenvalue weighted by Crippen LogP contribution is 2.48. The van der Waals surface area contributed by atoms with E-state index in [1.807, 2.05) is 160 Å². The minimum absolute atomic E-state index is 0.779. The summed E-state index contributed by atoms with van der Waals surface area (Å²) in [5.41, 5.74) is 10.9. The second kappa shape index (κ2) is 15.2. The van der Waals surface area contributed by atoms with E-state index in [0.29, 0.717) is 0 Å². The first-order valence-corrected chi connectivity index (χ1v) is 18.0. The molecule has 54 heavy (non-hydrogen) atoms. The second-order valence-corrected chi connectivity index (χ2v) is 13.5. The van der Waals surface area contributed by atoms with Crippen LogP contribution in [0, 0.1) is 51.4 Å². The maximum Gasteiger partial charge on any atom is 0.178 e. The first-order chi connectivity index (χ1) is 26.2. The van der Waals surface area contributed by atoms with E-state index < -0.39 is 11.2 Å². The molecule has 0 saturated heterocycles. The van der Waals surface area contributed by atoms with Crippen molar-refractivity contribution in [2.45, 2.75) is 38.9 Å². The molecule has 0 spiro atoms. The van der Waals surface area contributed by atoms with Crippen LogP contribution in [0.4, 0.5) is 0 Å². The van der Waals surface area contributed by atoms with Crippen LogP contribution in [0.25, 0.3) is 22.3 Å². The fourth-order valence-electron chi connectivity index (χ4n) is 6.78. The van der Waals surface area contributed by atoms with Gasteiger partial charge in [-0.05, 0) is 97.5 Å². The molecule has 4 nitrogen and oxygen atoms in total. The summed E-state index contributed by atoms with van der Waals surface area (Å²) < 4.78 is 0. The van der Waals surface area contributed by atoms with Crippen molar-refractivity contribution in [3.63, 3.8) is 0 Å².